The Balaban J connectivity index is 2.11. The minimum Gasteiger partial charge on any atom is -0.289 e. The summed E-state index contributed by atoms with van der Waals surface area (Å²) in [6, 6.07) is 7.44. The molecule has 2 nitrogen and oxygen atoms in total. The van der Waals surface area contributed by atoms with Crippen LogP contribution >= 0.6 is 11.3 Å². The minimum absolute atomic E-state index is 0.0171. The first kappa shape index (κ1) is 9.80. The van der Waals surface area contributed by atoms with Crippen molar-refractivity contribution in [2.24, 2.45) is 0 Å². The number of carbonyl (C=O) groups excluding carboxylic acids is 1. The highest BCUT2D eigenvalue weighted by molar-refractivity contribution is 7.10. The Morgan fingerprint density at radius 3 is 2.93 bits per heavy atom. The van der Waals surface area contributed by atoms with Gasteiger partial charge in [0.05, 0.1) is 0 Å². The zero-order valence-corrected chi connectivity index (χ0v) is 8.78. The summed E-state index contributed by atoms with van der Waals surface area (Å²) >= 11 is 1.61. The van der Waals surface area contributed by atoms with E-state index in [1.807, 2.05) is 23.6 Å². The van der Waals surface area contributed by atoms with E-state index in [1.54, 1.807) is 41.9 Å². The van der Waals surface area contributed by atoms with Crippen LogP contribution < -0.4 is 0 Å². The van der Waals surface area contributed by atoms with Gasteiger partial charge in [0.15, 0.2) is 5.78 Å². The first-order valence-corrected chi connectivity index (χ1v) is 5.40. The molecular formula is C12H9NOS. The monoisotopic (exact) mass is 215 g/mol. The molecular weight excluding hydrogens is 206 g/mol. The zero-order valence-electron chi connectivity index (χ0n) is 7.96. The van der Waals surface area contributed by atoms with Crippen LogP contribution in [0.15, 0.2) is 48.1 Å². The average molecular weight is 215 g/mol. The summed E-state index contributed by atoms with van der Waals surface area (Å²) in [6.07, 6.45) is 6.61. The molecule has 0 aliphatic rings. The Bertz CT molecular complexity index is 460. The van der Waals surface area contributed by atoms with Crippen molar-refractivity contribution in [1.29, 1.82) is 0 Å². The van der Waals surface area contributed by atoms with Gasteiger partial charge in [-0.05, 0) is 35.7 Å². The highest BCUT2D eigenvalue weighted by atomic mass is 32.1. The topological polar surface area (TPSA) is 30.0 Å². The SMILES string of the molecule is O=C(/C=C\c1cccs1)c1cccnc1. The van der Waals surface area contributed by atoms with Gasteiger partial charge in [-0.1, -0.05) is 6.07 Å². The molecule has 0 saturated carbocycles. The van der Waals surface area contributed by atoms with Crippen molar-refractivity contribution in [1.82, 2.24) is 4.98 Å². The minimum atomic E-state index is -0.0171. The molecule has 0 unspecified atom stereocenters. The number of aromatic nitrogens is 1. The maximum absolute atomic E-state index is 11.6. The quantitative estimate of drug-likeness (QED) is 0.582. The third kappa shape index (κ3) is 2.60. The smallest absolute Gasteiger partial charge is 0.187 e. The largest absolute Gasteiger partial charge is 0.289 e. The van der Waals surface area contributed by atoms with Crippen LogP contribution in [0.1, 0.15) is 15.2 Å². The number of ketones is 1. The number of nitrogens with zero attached hydrogens (tertiary/aromatic N) is 1. The van der Waals surface area contributed by atoms with Gasteiger partial charge in [0.25, 0.3) is 0 Å². The Morgan fingerprint density at radius 2 is 2.27 bits per heavy atom. The molecule has 0 N–H and O–H groups in total. The summed E-state index contributed by atoms with van der Waals surface area (Å²) in [5.74, 6) is -0.0171. The summed E-state index contributed by atoms with van der Waals surface area (Å²) in [5.41, 5.74) is 0.616. The van der Waals surface area contributed by atoms with Crippen molar-refractivity contribution in [3.63, 3.8) is 0 Å². The van der Waals surface area contributed by atoms with E-state index in [0.29, 0.717) is 5.56 Å². The van der Waals surface area contributed by atoms with E-state index in [1.165, 1.54) is 0 Å². The number of carbonyl (C=O) groups is 1. The molecule has 0 aliphatic heterocycles. The van der Waals surface area contributed by atoms with Crippen molar-refractivity contribution in [3.05, 3.63) is 58.6 Å². The average Bonchev–Trinajstić information content (AvgIpc) is 2.80. The van der Waals surface area contributed by atoms with Gasteiger partial charge in [-0.3, -0.25) is 9.78 Å². The Morgan fingerprint density at radius 1 is 1.33 bits per heavy atom. The molecule has 74 valence electrons. The standard InChI is InChI=1S/C12H9NOS/c14-12(10-3-1-7-13-9-10)6-5-11-4-2-8-15-11/h1-9H/b6-5-. The summed E-state index contributed by atoms with van der Waals surface area (Å²) < 4.78 is 0. The van der Waals surface area contributed by atoms with Crippen molar-refractivity contribution < 1.29 is 4.79 Å². The van der Waals surface area contributed by atoms with Crippen LogP contribution in [0.5, 0.6) is 0 Å². The Kier molecular flexibility index (Phi) is 3.05. The number of allylic oxidation sites excluding steroid dienone is 1. The van der Waals surface area contributed by atoms with E-state index >= 15 is 0 Å². The molecule has 0 bridgehead atoms. The summed E-state index contributed by atoms with van der Waals surface area (Å²) in [4.78, 5) is 16.6. The zero-order chi connectivity index (χ0) is 10.5. The second kappa shape index (κ2) is 4.66. The van der Waals surface area contributed by atoms with Gasteiger partial charge in [0.1, 0.15) is 0 Å². The Hall–Kier alpha value is -1.74. The lowest BCUT2D eigenvalue weighted by atomic mass is 10.2. The lowest BCUT2D eigenvalue weighted by Crippen LogP contribution is -1.93. The second-order valence-corrected chi connectivity index (χ2v) is 3.93. The molecule has 0 amide bonds. The molecule has 3 heteroatoms. The fourth-order valence-corrected chi connectivity index (χ4v) is 1.77. The highest BCUT2D eigenvalue weighted by Gasteiger charge is 1.99. The molecule has 0 fully saturated rings. The van der Waals surface area contributed by atoms with Gasteiger partial charge >= 0.3 is 0 Å². The lowest BCUT2D eigenvalue weighted by Gasteiger charge is -1.92. The van der Waals surface area contributed by atoms with Gasteiger partial charge in [-0.25, -0.2) is 0 Å². The fourth-order valence-electron chi connectivity index (χ4n) is 1.15. The number of pyridine rings is 1. The molecule has 2 aromatic heterocycles. The molecule has 2 heterocycles. The number of thiophene rings is 1. The van der Waals surface area contributed by atoms with Crippen molar-refractivity contribution in [3.8, 4) is 0 Å². The van der Waals surface area contributed by atoms with Crippen molar-refractivity contribution >= 4 is 23.2 Å². The predicted octanol–water partition coefficient (Wildman–Crippen LogP) is 3.04. The fraction of sp³-hybridized carbons (Fsp3) is 0. The molecule has 0 aromatic carbocycles. The first-order valence-electron chi connectivity index (χ1n) is 4.52. The highest BCUT2D eigenvalue weighted by Crippen LogP contribution is 2.11. The summed E-state index contributed by atoms with van der Waals surface area (Å²) in [6.45, 7) is 0. The normalized spacial score (nSPS) is 10.7. The van der Waals surface area contributed by atoms with E-state index in [-0.39, 0.29) is 5.78 Å². The third-order valence-electron chi connectivity index (χ3n) is 1.89. The van der Waals surface area contributed by atoms with Crippen molar-refractivity contribution in [2.45, 2.75) is 0 Å². The molecule has 2 rings (SSSR count). The van der Waals surface area contributed by atoms with Crippen LogP contribution in [0.3, 0.4) is 0 Å². The molecule has 0 aliphatic carbocycles. The molecule has 0 spiro atoms. The number of hydrogen-bond donors (Lipinski definition) is 0. The Labute approximate surface area is 91.9 Å². The molecule has 0 radical (unpaired) electrons. The van der Waals surface area contributed by atoms with Gasteiger partial charge in [0, 0.05) is 22.8 Å². The van der Waals surface area contributed by atoms with Crippen LogP contribution in [0.2, 0.25) is 0 Å². The van der Waals surface area contributed by atoms with E-state index in [9.17, 15) is 4.79 Å². The second-order valence-electron chi connectivity index (χ2n) is 2.95. The molecule has 15 heavy (non-hydrogen) atoms. The van der Waals surface area contributed by atoms with E-state index in [2.05, 4.69) is 4.98 Å². The van der Waals surface area contributed by atoms with E-state index < -0.39 is 0 Å². The third-order valence-corrected chi connectivity index (χ3v) is 2.73. The van der Waals surface area contributed by atoms with Crippen LogP contribution in [0.25, 0.3) is 6.08 Å². The maximum atomic E-state index is 11.6. The summed E-state index contributed by atoms with van der Waals surface area (Å²) in [7, 11) is 0. The van der Waals surface area contributed by atoms with E-state index in [0.717, 1.165) is 4.88 Å². The summed E-state index contributed by atoms with van der Waals surface area (Å²) in [5, 5.41) is 1.98. The molecule has 0 saturated heterocycles. The van der Waals surface area contributed by atoms with Gasteiger partial charge in [-0.2, -0.15) is 0 Å². The predicted molar refractivity (Wildman–Crippen MR) is 61.9 cm³/mol. The van der Waals surface area contributed by atoms with Crippen LogP contribution in [0.4, 0.5) is 0 Å². The van der Waals surface area contributed by atoms with Crippen LogP contribution in [-0.2, 0) is 0 Å². The van der Waals surface area contributed by atoms with Crippen LogP contribution in [0, 0.1) is 0 Å². The van der Waals surface area contributed by atoms with Gasteiger partial charge in [-0.15, -0.1) is 11.3 Å². The van der Waals surface area contributed by atoms with Gasteiger partial charge < -0.3 is 0 Å². The number of hydrogen-bond acceptors (Lipinski definition) is 3. The molecule has 0 atom stereocenters. The van der Waals surface area contributed by atoms with Crippen molar-refractivity contribution in [2.75, 3.05) is 0 Å². The first-order chi connectivity index (χ1) is 7.36. The van der Waals surface area contributed by atoms with E-state index in [4.69, 9.17) is 0 Å². The molecule has 2 aromatic rings. The number of rotatable bonds is 3. The lowest BCUT2D eigenvalue weighted by molar-refractivity contribution is 0.104. The van der Waals surface area contributed by atoms with Gasteiger partial charge in [0.2, 0.25) is 0 Å². The van der Waals surface area contributed by atoms with Crippen LogP contribution in [-0.4, -0.2) is 10.8 Å². The maximum Gasteiger partial charge on any atom is 0.187 e.